The van der Waals surface area contributed by atoms with Gasteiger partial charge in [-0.25, -0.2) is 4.79 Å². The fourth-order valence-corrected chi connectivity index (χ4v) is 4.11. The lowest BCUT2D eigenvalue weighted by Gasteiger charge is -2.33. The molecule has 27 heavy (non-hydrogen) atoms. The zero-order valence-electron chi connectivity index (χ0n) is 13.9. The summed E-state index contributed by atoms with van der Waals surface area (Å²) < 4.78 is 5.22. The van der Waals surface area contributed by atoms with E-state index >= 15 is 0 Å². The van der Waals surface area contributed by atoms with Gasteiger partial charge in [-0.05, 0) is 35.1 Å². The van der Waals surface area contributed by atoms with E-state index in [2.05, 4.69) is 6.07 Å². The molecule has 0 aliphatic carbocycles. The van der Waals surface area contributed by atoms with Gasteiger partial charge < -0.3 is 15.6 Å². The van der Waals surface area contributed by atoms with Gasteiger partial charge in [-0.3, -0.25) is 9.69 Å². The Kier molecular flexibility index (Phi) is 7.38. The number of carbonyl (C=O) groups excluding carboxylic acids is 1. The van der Waals surface area contributed by atoms with Crippen LogP contribution in [0.15, 0.2) is 35.7 Å². The van der Waals surface area contributed by atoms with Crippen LogP contribution in [0.2, 0.25) is 5.02 Å². The highest BCUT2D eigenvalue weighted by Gasteiger charge is 2.33. The second-order valence-corrected chi connectivity index (χ2v) is 7.50. The number of carbonyl (C=O) groups is 2. The zero-order chi connectivity index (χ0) is 18.7. The van der Waals surface area contributed by atoms with Crippen molar-refractivity contribution < 1.29 is 19.4 Å². The summed E-state index contributed by atoms with van der Waals surface area (Å²) in [5, 5.41) is 11.4. The first-order chi connectivity index (χ1) is 12.5. The summed E-state index contributed by atoms with van der Waals surface area (Å²) in [5.41, 5.74) is 7.28. The van der Waals surface area contributed by atoms with Gasteiger partial charge in [0.1, 0.15) is 18.7 Å². The third-order valence-electron chi connectivity index (χ3n) is 4.35. The first-order valence-electron chi connectivity index (χ1n) is 8.16. The predicted octanol–water partition coefficient (Wildman–Crippen LogP) is 3.09. The Bertz CT molecular complexity index is 811. The zero-order valence-corrected chi connectivity index (χ0v) is 15.5. The van der Waals surface area contributed by atoms with Crippen molar-refractivity contribution in [2.75, 3.05) is 13.2 Å². The number of carboxylic acid groups (broad SMARTS) is 1. The monoisotopic (exact) mass is 410 g/mol. The molecule has 0 radical (unpaired) electrons. The molecule has 0 saturated heterocycles. The number of esters is 1. The number of rotatable bonds is 6. The summed E-state index contributed by atoms with van der Waals surface area (Å²) in [5.74, 6) is -1.76. The molecule has 3 rings (SSSR count). The molecule has 0 bridgehead atoms. The lowest BCUT2D eigenvalue weighted by Crippen LogP contribution is -2.41. The van der Waals surface area contributed by atoms with Gasteiger partial charge in [0.15, 0.2) is 0 Å². The van der Waals surface area contributed by atoms with Crippen LogP contribution in [0.1, 0.15) is 29.5 Å². The number of thiophene rings is 1. The second kappa shape index (κ2) is 9.32. The number of nitrogens with zero attached hydrogens (tertiary/aromatic N) is 1. The number of carboxylic acids is 1. The highest BCUT2D eigenvalue weighted by atomic mass is 35.5. The quantitative estimate of drug-likeness (QED) is 0.711. The number of nitrogens with two attached hydrogens (primary N) is 1. The van der Waals surface area contributed by atoms with Crippen LogP contribution in [0.3, 0.4) is 0 Å². The highest BCUT2D eigenvalue weighted by molar-refractivity contribution is 7.10. The maximum absolute atomic E-state index is 12.8. The Hall–Kier alpha value is -1.93. The normalized spacial score (nSPS) is 15.9. The summed E-state index contributed by atoms with van der Waals surface area (Å²) in [6.45, 7) is 0.908. The summed E-state index contributed by atoms with van der Waals surface area (Å²) >= 11 is 8.04. The van der Waals surface area contributed by atoms with Gasteiger partial charge in [0.25, 0.3) is 0 Å². The minimum atomic E-state index is -1.25. The predicted molar refractivity (Wildman–Crippen MR) is 106 cm³/mol. The van der Waals surface area contributed by atoms with E-state index in [4.69, 9.17) is 27.2 Å². The molecule has 2 heterocycles. The number of hydrogen-bond acceptors (Lipinski definition) is 6. The smallest absolute Gasteiger partial charge is 0.328 e. The Balaban J connectivity index is 0.00000261. The molecular formula is C19H23ClN2O4S. The molecule has 0 saturated carbocycles. The number of ether oxygens (including phenoxy) is 1. The fourth-order valence-electron chi connectivity index (χ4n) is 2.98. The van der Waals surface area contributed by atoms with Gasteiger partial charge in [-0.15, -0.1) is 11.3 Å². The molecule has 0 fully saturated rings. The minimum Gasteiger partial charge on any atom is -0.480 e. The van der Waals surface area contributed by atoms with Crippen molar-refractivity contribution in [3.05, 3.63) is 56.7 Å². The van der Waals surface area contributed by atoms with Crippen LogP contribution in [0.25, 0.3) is 0 Å². The Morgan fingerprint density at radius 1 is 1.33 bits per heavy atom. The average Bonchev–Trinajstić information content (AvgIpc) is 3.09. The Morgan fingerprint density at radius 2 is 2.07 bits per heavy atom. The molecule has 146 valence electrons. The van der Waals surface area contributed by atoms with Crippen molar-refractivity contribution in [3.8, 4) is 0 Å². The van der Waals surface area contributed by atoms with Crippen LogP contribution in [-0.2, 0) is 27.3 Å². The lowest BCUT2D eigenvalue weighted by molar-refractivity contribution is -0.153. The third kappa shape index (κ3) is 4.87. The molecule has 8 heteroatoms. The van der Waals surface area contributed by atoms with Crippen molar-refractivity contribution >= 4 is 34.9 Å². The first-order valence-corrected chi connectivity index (χ1v) is 9.42. The van der Waals surface area contributed by atoms with Gasteiger partial charge in [0, 0.05) is 23.0 Å². The minimum absolute atomic E-state index is 0. The third-order valence-corrected chi connectivity index (χ3v) is 5.71. The highest BCUT2D eigenvalue weighted by Crippen LogP contribution is 2.34. The van der Waals surface area contributed by atoms with E-state index in [0.29, 0.717) is 23.7 Å². The van der Waals surface area contributed by atoms with Crippen molar-refractivity contribution in [1.82, 2.24) is 4.90 Å². The SMILES string of the molecule is C.N[C@@H](COC(=O)[C@H](c1ccccc1Cl)N1CCc2sccc2C1)C(=O)O. The van der Waals surface area contributed by atoms with Crippen LogP contribution in [0.4, 0.5) is 0 Å². The second-order valence-electron chi connectivity index (χ2n) is 6.09. The molecule has 1 aromatic heterocycles. The number of hydrogen-bond donors (Lipinski definition) is 2. The molecule has 1 aliphatic heterocycles. The van der Waals surface area contributed by atoms with E-state index in [1.807, 2.05) is 16.3 Å². The number of fused-ring (bicyclic) bond motifs is 1. The lowest BCUT2D eigenvalue weighted by atomic mass is 10.0. The van der Waals surface area contributed by atoms with Crippen LogP contribution < -0.4 is 5.73 Å². The van der Waals surface area contributed by atoms with E-state index < -0.39 is 24.0 Å². The molecule has 0 spiro atoms. The van der Waals surface area contributed by atoms with Gasteiger partial charge in [0.2, 0.25) is 0 Å². The number of benzene rings is 1. The summed E-state index contributed by atoms with van der Waals surface area (Å²) in [6, 6.07) is 7.20. The maximum atomic E-state index is 12.8. The molecule has 3 N–H and O–H groups in total. The van der Waals surface area contributed by atoms with E-state index in [-0.39, 0.29) is 14.0 Å². The largest absolute Gasteiger partial charge is 0.480 e. The van der Waals surface area contributed by atoms with Crippen molar-refractivity contribution in [2.45, 2.75) is 32.5 Å². The van der Waals surface area contributed by atoms with Gasteiger partial charge >= 0.3 is 11.9 Å². The van der Waals surface area contributed by atoms with Crippen LogP contribution >= 0.6 is 22.9 Å². The summed E-state index contributed by atoms with van der Waals surface area (Å²) in [4.78, 5) is 27.0. The van der Waals surface area contributed by atoms with Crippen molar-refractivity contribution in [3.63, 3.8) is 0 Å². The molecule has 2 aromatic rings. The van der Waals surface area contributed by atoms with Crippen LogP contribution in [0, 0.1) is 0 Å². The first kappa shape index (κ1) is 21.4. The molecule has 0 unspecified atom stereocenters. The van der Waals surface area contributed by atoms with E-state index in [1.165, 1.54) is 10.4 Å². The molecule has 1 aromatic carbocycles. The van der Waals surface area contributed by atoms with E-state index in [1.54, 1.807) is 29.5 Å². The van der Waals surface area contributed by atoms with Crippen molar-refractivity contribution in [1.29, 1.82) is 0 Å². The Morgan fingerprint density at radius 3 is 2.78 bits per heavy atom. The van der Waals surface area contributed by atoms with Crippen LogP contribution in [-0.4, -0.2) is 41.1 Å². The van der Waals surface area contributed by atoms with Crippen molar-refractivity contribution in [2.24, 2.45) is 5.73 Å². The molecule has 0 amide bonds. The fraction of sp³-hybridized carbons (Fsp3) is 0.368. The average molecular weight is 411 g/mol. The molecular weight excluding hydrogens is 388 g/mol. The van der Waals surface area contributed by atoms with Gasteiger partial charge in [-0.2, -0.15) is 0 Å². The summed E-state index contributed by atoms with van der Waals surface area (Å²) in [6.07, 6.45) is 0.843. The van der Waals surface area contributed by atoms with Gasteiger partial charge in [-0.1, -0.05) is 37.2 Å². The molecule has 2 atom stereocenters. The molecule has 6 nitrogen and oxygen atoms in total. The standard InChI is InChI=1S/C18H19ClN2O4S.CH4/c19-13-4-2-1-3-12(13)16(18(24)25-10-14(20)17(22)23)21-7-5-15-11(9-21)6-8-26-15;/h1-4,6,8,14,16H,5,7,9-10,20H2,(H,22,23);1H4/t14-,16-;/m0./s1. The van der Waals surface area contributed by atoms with Crippen LogP contribution in [0.5, 0.6) is 0 Å². The number of aliphatic carboxylic acids is 1. The maximum Gasteiger partial charge on any atom is 0.328 e. The van der Waals surface area contributed by atoms with E-state index in [0.717, 1.165) is 6.42 Å². The summed E-state index contributed by atoms with van der Waals surface area (Å²) in [7, 11) is 0. The van der Waals surface area contributed by atoms with E-state index in [9.17, 15) is 9.59 Å². The Labute approximate surface area is 167 Å². The molecule has 1 aliphatic rings. The number of halogens is 1. The topological polar surface area (TPSA) is 92.9 Å². The van der Waals surface area contributed by atoms with Gasteiger partial charge in [0.05, 0.1) is 0 Å².